The Balaban J connectivity index is 2.28. The van der Waals surface area contributed by atoms with Gasteiger partial charge in [0.15, 0.2) is 0 Å². The lowest BCUT2D eigenvalue weighted by molar-refractivity contribution is 0.418. The van der Waals surface area contributed by atoms with Crippen molar-refractivity contribution in [3.63, 3.8) is 0 Å². The number of methoxy groups -OCH3 is 1. The molecule has 0 fully saturated rings. The zero-order chi connectivity index (χ0) is 17.9. The summed E-state index contributed by atoms with van der Waals surface area (Å²) in [6.07, 6.45) is 0. The molecule has 0 bridgehead atoms. The van der Waals surface area contributed by atoms with E-state index in [0.29, 0.717) is 0 Å². The molecule has 3 rings (SSSR count). The first-order chi connectivity index (χ1) is 12.0. The predicted molar refractivity (Wildman–Crippen MR) is 115 cm³/mol. The maximum absolute atomic E-state index is 5.72. The molecule has 128 valence electrons. The average Bonchev–Trinajstić information content (AvgIpc) is 2.63. The third-order valence-corrected chi connectivity index (χ3v) is 9.09. The van der Waals surface area contributed by atoms with Crippen LogP contribution in [0.1, 0.15) is 0 Å². The monoisotopic (exact) mass is 364 g/mol. The minimum atomic E-state index is -1.46. The van der Waals surface area contributed by atoms with Crippen LogP contribution in [0.15, 0.2) is 78.9 Å². The maximum Gasteiger partial charge on any atom is 0.127 e. The fraction of sp³-hybridized carbons (Fsp3) is 0.182. The predicted octanol–water partition coefficient (Wildman–Crippen LogP) is 4.00. The molecule has 0 N–H and O–H groups in total. The van der Waals surface area contributed by atoms with E-state index in [0.717, 1.165) is 5.75 Å². The summed E-state index contributed by atoms with van der Waals surface area (Å²) in [7, 11) is -0.341. The van der Waals surface area contributed by atoms with Crippen molar-refractivity contribution in [1.29, 1.82) is 0 Å². The second-order valence-corrected chi connectivity index (χ2v) is 14.3. The standard InChI is InChI=1S/C22H25OPSi/c1-23-19-14-8-9-15-20(19)24(18-12-6-5-7-13-18)21-16-10-11-17-22(21)25(2,3)4/h5-17H,1-4H3. The van der Waals surface area contributed by atoms with Crippen molar-refractivity contribution in [3.05, 3.63) is 78.9 Å². The highest BCUT2D eigenvalue weighted by Gasteiger charge is 2.27. The fourth-order valence-corrected chi connectivity index (χ4v) is 8.35. The molecule has 0 radical (unpaired) electrons. The quantitative estimate of drug-likeness (QED) is 0.491. The Morgan fingerprint density at radius 3 is 1.88 bits per heavy atom. The van der Waals surface area contributed by atoms with Crippen LogP contribution in [-0.2, 0) is 0 Å². The second kappa shape index (κ2) is 7.55. The number of ether oxygens (including phenoxy) is 1. The summed E-state index contributed by atoms with van der Waals surface area (Å²) < 4.78 is 5.72. The number of rotatable bonds is 5. The van der Waals surface area contributed by atoms with Crippen LogP contribution >= 0.6 is 7.92 Å². The van der Waals surface area contributed by atoms with Gasteiger partial charge < -0.3 is 4.74 Å². The van der Waals surface area contributed by atoms with Crippen molar-refractivity contribution >= 4 is 37.1 Å². The van der Waals surface area contributed by atoms with Crippen molar-refractivity contribution in [3.8, 4) is 5.75 Å². The van der Waals surface area contributed by atoms with E-state index in [-0.39, 0.29) is 0 Å². The zero-order valence-corrected chi connectivity index (χ0v) is 17.3. The van der Waals surface area contributed by atoms with Gasteiger partial charge in [-0.05, 0) is 24.6 Å². The molecule has 1 unspecified atom stereocenters. The molecule has 25 heavy (non-hydrogen) atoms. The normalized spacial score (nSPS) is 12.6. The van der Waals surface area contributed by atoms with Crippen molar-refractivity contribution in [2.24, 2.45) is 0 Å². The van der Waals surface area contributed by atoms with E-state index in [1.807, 2.05) is 6.07 Å². The van der Waals surface area contributed by atoms with Gasteiger partial charge in [0.25, 0.3) is 0 Å². The lowest BCUT2D eigenvalue weighted by Gasteiger charge is -2.28. The summed E-state index contributed by atoms with van der Waals surface area (Å²) in [5, 5.41) is 5.66. The minimum absolute atomic E-state index is 0.648. The molecular weight excluding hydrogens is 339 g/mol. The first kappa shape index (κ1) is 17.9. The summed E-state index contributed by atoms with van der Waals surface area (Å²) in [5.74, 6) is 0.975. The Bertz CT molecular complexity index is 840. The number of hydrogen-bond acceptors (Lipinski definition) is 1. The molecule has 0 amide bonds. The molecule has 3 aromatic carbocycles. The van der Waals surface area contributed by atoms with Crippen LogP contribution in [0, 0.1) is 0 Å². The third kappa shape index (κ3) is 3.86. The van der Waals surface area contributed by atoms with Gasteiger partial charge >= 0.3 is 0 Å². The Morgan fingerprint density at radius 2 is 1.24 bits per heavy atom. The Labute approximate surface area is 153 Å². The molecule has 0 aromatic heterocycles. The van der Waals surface area contributed by atoms with Gasteiger partial charge in [-0.15, -0.1) is 0 Å². The molecule has 0 aliphatic heterocycles. The summed E-state index contributed by atoms with van der Waals surface area (Å²) in [5.41, 5.74) is 0. The summed E-state index contributed by atoms with van der Waals surface area (Å²) in [4.78, 5) is 0. The van der Waals surface area contributed by atoms with Crippen LogP contribution in [0.3, 0.4) is 0 Å². The van der Waals surface area contributed by atoms with E-state index in [9.17, 15) is 0 Å². The largest absolute Gasteiger partial charge is 0.496 e. The molecule has 3 heteroatoms. The van der Waals surface area contributed by atoms with Crippen LogP contribution in [0.4, 0.5) is 0 Å². The van der Waals surface area contributed by atoms with Gasteiger partial charge in [-0.3, -0.25) is 0 Å². The molecule has 0 aliphatic carbocycles. The van der Waals surface area contributed by atoms with E-state index in [1.165, 1.54) is 21.1 Å². The van der Waals surface area contributed by atoms with Crippen LogP contribution in [0.5, 0.6) is 5.75 Å². The van der Waals surface area contributed by atoms with E-state index < -0.39 is 16.0 Å². The van der Waals surface area contributed by atoms with Crippen molar-refractivity contribution in [2.75, 3.05) is 7.11 Å². The molecule has 1 atom stereocenters. The van der Waals surface area contributed by atoms with Gasteiger partial charge in [-0.2, -0.15) is 0 Å². The number of para-hydroxylation sites is 1. The Kier molecular flexibility index (Phi) is 5.41. The third-order valence-electron chi connectivity index (χ3n) is 4.29. The highest BCUT2D eigenvalue weighted by atomic mass is 31.1. The van der Waals surface area contributed by atoms with Crippen LogP contribution < -0.4 is 25.8 Å². The molecule has 1 nitrogen and oxygen atoms in total. The lowest BCUT2D eigenvalue weighted by atomic mass is 10.3. The van der Waals surface area contributed by atoms with Crippen molar-refractivity contribution in [1.82, 2.24) is 0 Å². The maximum atomic E-state index is 5.72. The molecule has 0 aliphatic rings. The zero-order valence-electron chi connectivity index (χ0n) is 15.4. The molecule has 0 saturated carbocycles. The van der Waals surface area contributed by atoms with E-state index in [1.54, 1.807) is 7.11 Å². The topological polar surface area (TPSA) is 9.23 Å². The van der Waals surface area contributed by atoms with Gasteiger partial charge in [-0.1, -0.05) is 97.6 Å². The number of hydrogen-bond donors (Lipinski definition) is 0. The highest BCUT2D eigenvalue weighted by molar-refractivity contribution is 7.80. The van der Waals surface area contributed by atoms with Crippen molar-refractivity contribution < 1.29 is 4.74 Å². The van der Waals surface area contributed by atoms with Gasteiger partial charge in [-0.25, -0.2) is 0 Å². The van der Waals surface area contributed by atoms with Gasteiger partial charge in [0.2, 0.25) is 0 Å². The van der Waals surface area contributed by atoms with E-state index in [2.05, 4.69) is 92.4 Å². The first-order valence-electron chi connectivity index (χ1n) is 8.60. The molecule has 0 heterocycles. The van der Waals surface area contributed by atoms with Crippen LogP contribution in [-0.4, -0.2) is 15.2 Å². The number of benzene rings is 3. The summed E-state index contributed by atoms with van der Waals surface area (Å²) in [6.45, 7) is 7.27. The fourth-order valence-electron chi connectivity index (χ4n) is 3.10. The van der Waals surface area contributed by atoms with E-state index in [4.69, 9.17) is 4.74 Å². The van der Waals surface area contributed by atoms with Gasteiger partial charge in [0, 0.05) is 5.30 Å². The van der Waals surface area contributed by atoms with Crippen LogP contribution in [0.25, 0.3) is 0 Å². The first-order valence-corrected chi connectivity index (χ1v) is 13.4. The van der Waals surface area contributed by atoms with Crippen LogP contribution in [0.2, 0.25) is 19.6 Å². The summed E-state index contributed by atoms with van der Waals surface area (Å²) >= 11 is 0. The van der Waals surface area contributed by atoms with Crippen molar-refractivity contribution in [2.45, 2.75) is 19.6 Å². The molecular formula is C22H25OPSi. The summed E-state index contributed by atoms with van der Waals surface area (Å²) in [6, 6.07) is 28.3. The Hall–Kier alpha value is -1.89. The molecule has 3 aromatic rings. The molecule has 0 spiro atoms. The Morgan fingerprint density at radius 1 is 0.680 bits per heavy atom. The average molecular weight is 365 g/mol. The lowest BCUT2D eigenvalue weighted by Crippen LogP contribution is -2.47. The van der Waals surface area contributed by atoms with E-state index >= 15 is 0 Å². The second-order valence-electron chi connectivity index (χ2n) is 7.11. The highest BCUT2D eigenvalue weighted by Crippen LogP contribution is 2.36. The smallest absolute Gasteiger partial charge is 0.127 e. The van der Waals surface area contributed by atoms with Gasteiger partial charge in [0.05, 0.1) is 15.2 Å². The minimum Gasteiger partial charge on any atom is -0.496 e. The SMILES string of the molecule is COc1ccccc1P(c1ccccc1)c1ccccc1[Si](C)(C)C. The molecule has 0 saturated heterocycles. The van der Waals surface area contributed by atoms with Gasteiger partial charge in [0.1, 0.15) is 5.75 Å².